The maximum Gasteiger partial charge on any atom is 0.251 e. The Bertz CT molecular complexity index is 1040. The molecule has 0 unspecified atom stereocenters. The number of ether oxygens (including phenoxy) is 2. The van der Waals surface area contributed by atoms with Gasteiger partial charge in [-0.15, -0.1) is 0 Å². The summed E-state index contributed by atoms with van der Waals surface area (Å²) in [7, 11) is 1.68. The molecule has 1 aliphatic rings. The third kappa shape index (κ3) is 5.85. The summed E-state index contributed by atoms with van der Waals surface area (Å²) in [6.45, 7) is 5.36. The molecule has 0 aliphatic heterocycles. The van der Waals surface area contributed by atoms with Crippen molar-refractivity contribution in [3.8, 4) is 17.1 Å². The van der Waals surface area contributed by atoms with Gasteiger partial charge < -0.3 is 14.8 Å². The molecule has 176 valence electrons. The molecule has 0 radical (unpaired) electrons. The molecule has 0 bridgehead atoms. The van der Waals surface area contributed by atoms with Crippen LogP contribution in [-0.4, -0.2) is 62.7 Å². The van der Waals surface area contributed by atoms with E-state index in [1.165, 1.54) is 0 Å². The molecule has 0 saturated heterocycles. The molecule has 3 heterocycles. The maximum atomic E-state index is 13.2. The van der Waals surface area contributed by atoms with E-state index in [1.807, 2.05) is 23.1 Å². The van der Waals surface area contributed by atoms with Gasteiger partial charge in [0.1, 0.15) is 12.1 Å². The number of imidazole rings is 1. The van der Waals surface area contributed by atoms with Gasteiger partial charge in [-0.3, -0.25) is 14.0 Å². The van der Waals surface area contributed by atoms with Crippen molar-refractivity contribution in [1.82, 2.24) is 29.6 Å². The normalized spacial score (nSPS) is 18.5. The van der Waals surface area contributed by atoms with Crippen LogP contribution >= 0.6 is 0 Å². The van der Waals surface area contributed by atoms with Gasteiger partial charge in [-0.1, -0.05) is 0 Å². The first-order valence-electron chi connectivity index (χ1n) is 11.5. The fourth-order valence-corrected chi connectivity index (χ4v) is 4.02. The van der Waals surface area contributed by atoms with Gasteiger partial charge in [0.2, 0.25) is 0 Å². The van der Waals surface area contributed by atoms with Crippen LogP contribution in [0.2, 0.25) is 0 Å². The summed E-state index contributed by atoms with van der Waals surface area (Å²) in [5.41, 5.74) is 2.14. The van der Waals surface area contributed by atoms with Crippen molar-refractivity contribution >= 4 is 5.91 Å². The summed E-state index contributed by atoms with van der Waals surface area (Å²) < 4.78 is 14.6. The van der Waals surface area contributed by atoms with Gasteiger partial charge in [-0.05, 0) is 51.7 Å². The Hall–Kier alpha value is -3.04. The standard InChI is InChI=1S/C24H32N6O3/c1-17(2)30-15-19(14-26-30)22-12-18(13-23(28-22)29-9-8-25-16-29)24(31)27-20-4-6-21(7-5-20)33-11-10-32-3/h8-9,12-17,20-21H,4-7,10-11H2,1-3H3,(H,27,31). The zero-order chi connectivity index (χ0) is 23.2. The lowest BCUT2D eigenvalue weighted by molar-refractivity contribution is -0.00408. The van der Waals surface area contributed by atoms with Crippen LogP contribution in [0.1, 0.15) is 55.9 Å². The highest BCUT2D eigenvalue weighted by Crippen LogP contribution is 2.24. The molecule has 1 N–H and O–H groups in total. The third-order valence-corrected chi connectivity index (χ3v) is 5.92. The molecule has 3 aromatic heterocycles. The lowest BCUT2D eigenvalue weighted by Gasteiger charge is -2.29. The molecular weight excluding hydrogens is 420 g/mol. The third-order valence-electron chi connectivity index (χ3n) is 5.92. The minimum Gasteiger partial charge on any atom is -0.382 e. The number of rotatable bonds is 9. The van der Waals surface area contributed by atoms with E-state index in [-0.39, 0.29) is 24.1 Å². The van der Waals surface area contributed by atoms with E-state index in [0.29, 0.717) is 30.3 Å². The largest absolute Gasteiger partial charge is 0.382 e. The first-order valence-corrected chi connectivity index (χ1v) is 11.5. The Kier molecular flexibility index (Phi) is 7.51. The number of methoxy groups -OCH3 is 1. The summed E-state index contributed by atoms with van der Waals surface area (Å²) >= 11 is 0. The van der Waals surface area contributed by atoms with Gasteiger partial charge in [0.25, 0.3) is 5.91 Å². The van der Waals surface area contributed by atoms with Crippen LogP contribution in [0.3, 0.4) is 0 Å². The van der Waals surface area contributed by atoms with Crippen LogP contribution in [0.5, 0.6) is 0 Å². The van der Waals surface area contributed by atoms with Crippen molar-refractivity contribution in [2.24, 2.45) is 0 Å². The summed E-state index contributed by atoms with van der Waals surface area (Å²) in [5, 5.41) is 7.63. The molecular formula is C24H32N6O3. The van der Waals surface area contributed by atoms with Crippen molar-refractivity contribution in [1.29, 1.82) is 0 Å². The van der Waals surface area contributed by atoms with Crippen LogP contribution in [0, 0.1) is 0 Å². The number of nitrogens with zero attached hydrogens (tertiary/aromatic N) is 5. The average Bonchev–Trinajstić information content (AvgIpc) is 3.53. The fraction of sp³-hybridized carbons (Fsp3) is 0.500. The molecule has 4 rings (SSSR count). The molecule has 33 heavy (non-hydrogen) atoms. The van der Waals surface area contributed by atoms with E-state index in [0.717, 1.165) is 31.2 Å². The molecule has 0 atom stereocenters. The number of carbonyl (C=O) groups is 1. The molecule has 9 heteroatoms. The monoisotopic (exact) mass is 452 g/mol. The zero-order valence-electron chi connectivity index (χ0n) is 19.5. The number of hydrogen-bond donors (Lipinski definition) is 1. The Labute approximate surface area is 194 Å². The predicted octanol–water partition coefficient (Wildman–Crippen LogP) is 3.42. The lowest BCUT2D eigenvalue weighted by atomic mass is 9.92. The highest BCUT2D eigenvalue weighted by molar-refractivity contribution is 5.95. The van der Waals surface area contributed by atoms with Crippen molar-refractivity contribution in [3.05, 3.63) is 48.8 Å². The van der Waals surface area contributed by atoms with Crippen molar-refractivity contribution < 1.29 is 14.3 Å². The van der Waals surface area contributed by atoms with E-state index >= 15 is 0 Å². The van der Waals surface area contributed by atoms with Gasteiger partial charge in [0.15, 0.2) is 0 Å². The quantitative estimate of drug-likeness (QED) is 0.500. The summed E-state index contributed by atoms with van der Waals surface area (Å²) in [5.74, 6) is 0.544. The van der Waals surface area contributed by atoms with Crippen molar-refractivity contribution in [3.63, 3.8) is 0 Å². The van der Waals surface area contributed by atoms with E-state index < -0.39 is 0 Å². The molecule has 0 spiro atoms. The van der Waals surface area contributed by atoms with Gasteiger partial charge in [-0.2, -0.15) is 5.10 Å². The molecule has 1 fully saturated rings. The zero-order valence-corrected chi connectivity index (χ0v) is 19.5. The molecule has 1 amide bonds. The van der Waals surface area contributed by atoms with E-state index in [4.69, 9.17) is 14.5 Å². The Morgan fingerprint density at radius 2 is 2.03 bits per heavy atom. The van der Waals surface area contributed by atoms with Crippen LogP contribution in [0.25, 0.3) is 17.1 Å². The minimum atomic E-state index is -0.0972. The van der Waals surface area contributed by atoms with Gasteiger partial charge in [-0.25, -0.2) is 9.97 Å². The minimum absolute atomic E-state index is 0.0972. The van der Waals surface area contributed by atoms with Crippen LogP contribution in [0.4, 0.5) is 0 Å². The van der Waals surface area contributed by atoms with Gasteiger partial charge in [0.05, 0.1) is 31.2 Å². The number of hydrogen-bond acceptors (Lipinski definition) is 6. The molecule has 1 saturated carbocycles. The first-order chi connectivity index (χ1) is 16.0. The second kappa shape index (κ2) is 10.7. The molecule has 3 aromatic rings. The molecule has 0 aromatic carbocycles. The molecule has 1 aliphatic carbocycles. The maximum absolute atomic E-state index is 13.2. The summed E-state index contributed by atoms with van der Waals surface area (Å²) in [4.78, 5) is 22.1. The molecule has 9 nitrogen and oxygen atoms in total. The van der Waals surface area contributed by atoms with Crippen LogP contribution < -0.4 is 5.32 Å². The second-order valence-electron chi connectivity index (χ2n) is 8.68. The van der Waals surface area contributed by atoms with E-state index in [9.17, 15) is 4.79 Å². The highest BCUT2D eigenvalue weighted by Gasteiger charge is 2.24. The van der Waals surface area contributed by atoms with E-state index in [2.05, 4.69) is 29.2 Å². The number of carbonyl (C=O) groups excluding carboxylic acids is 1. The predicted molar refractivity (Wildman–Crippen MR) is 124 cm³/mol. The number of pyridine rings is 1. The van der Waals surface area contributed by atoms with Gasteiger partial charge >= 0.3 is 0 Å². The number of aromatic nitrogens is 5. The van der Waals surface area contributed by atoms with Crippen LogP contribution in [0.15, 0.2) is 43.2 Å². The Balaban J connectivity index is 1.49. The number of amides is 1. The SMILES string of the molecule is COCCOC1CCC(NC(=O)c2cc(-c3cnn(C(C)C)c3)nc(-n3ccnc3)c2)CC1. The van der Waals surface area contributed by atoms with Gasteiger partial charge in [0, 0.05) is 48.9 Å². The second-order valence-corrected chi connectivity index (χ2v) is 8.68. The van der Waals surface area contributed by atoms with E-state index in [1.54, 1.807) is 36.5 Å². The summed E-state index contributed by atoms with van der Waals surface area (Å²) in [6, 6.07) is 4.01. The topological polar surface area (TPSA) is 96.1 Å². The first kappa shape index (κ1) is 23.1. The Morgan fingerprint density at radius 3 is 2.70 bits per heavy atom. The van der Waals surface area contributed by atoms with Crippen molar-refractivity contribution in [2.75, 3.05) is 20.3 Å². The number of nitrogens with one attached hydrogen (secondary N) is 1. The van der Waals surface area contributed by atoms with Crippen molar-refractivity contribution in [2.45, 2.75) is 57.7 Å². The Morgan fingerprint density at radius 1 is 1.21 bits per heavy atom. The lowest BCUT2D eigenvalue weighted by Crippen LogP contribution is -2.39. The highest BCUT2D eigenvalue weighted by atomic mass is 16.5. The fourth-order valence-electron chi connectivity index (χ4n) is 4.02. The summed E-state index contributed by atoms with van der Waals surface area (Å²) in [6.07, 6.45) is 12.8. The smallest absolute Gasteiger partial charge is 0.251 e. The van der Waals surface area contributed by atoms with Crippen LogP contribution in [-0.2, 0) is 9.47 Å². The average molecular weight is 453 g/mol.